The van der Waals surface area contributed by atoms with Crippen LogP contribution in [0.15, 0.2) is 24.3 Å². The third-order valence-corrected chi connectivity index (χ3v) is 3.79. The zero-order chi connectivity index (χ0) is 13.4. The Bertz CT molecular complexity index is 684. The van der Waals surface area contributed by atoms with Crippen LogP contribution < -0.4 is 0 Å². The highest BCUT2D eigenvalue weighted by molar-refractivity contribution is 5.77. The molecule has 1 aromatic carbocycles. The number of aliphatic carboxylic acids is 1. The molecule has 19 heavy (non-hydrogen) atoms. The molecule has 0 radical (unpaired) electrons. The summed E-state index contributed by atoms with van der Waals surface area (Å²) in [6.45, 7) is 0. The van der Waals surface area contributed by atoms with Gasteiger partial charge in [0.2, 0.25) is 0 Å². The molecule has 0 spiro atoms. The van der Waals surface area contributed by atoms with E-state index in [2.05, 4.69) is 11.1 Å². The van der Waals surface area contributed by atoms with Crippen molar-refractivity contribution in [1.82, 2.24) is 9.55 Å². The summed E-state index contributed by atoms with van der Waals surface area (Å²) in [6, 6.07) is 9.65. The number of para-hydroxylation sites is 2. The fraction of sp³-hybridized carbons (Fsp3) is 0.357. The van der Waals surface area contributed by atoms with Gasteiger partial charge in [0.15, 0.2) is 0 Å². The van der Waals surface area contributed by atoms with Crippen molar-refractivity contribution in [2.45, 2.75) is 25.3 Å². The number of carbonyl (C=O) groups is 1. The Morgan fingerprint density at radius 2 is 2.26 bits per heavy atom. The number of aromatic nitrogens is 2. The van der Waals surface area contributed by atoms with E-state index in [9.17, 15) is 9.90 Å². The molecule has 0 aliphatic heterocycles. The predicted octanol–water partition coefficient (Wildman–Crippen LogP) is 2.14. The van der Waals surface area contributed by atoms with Gasteiger partial charge in [-0.3, -0.25) is 4.79 Å². The first kappa shape index (κ1) is 11.7. The molecule has 1 aliphatic rings. The second-order valence-electron chi connectivity index (χ2n) is 4.81. The van der Waals surface area contributed by atoms with Crippen LogP contribution in [0.1, 0.15) is 24.7 Å². The molecule has 1 heterocycles. The third kappa shape index (κ3) is 1.76. The molecule has 5 heteroatoms. The minimum Gasteiger partial charge on any atom is -0.481 e. The Hall–Kier alpha value is -2.35. The van der Waals surface area contributed by atoms with Crippen molar-refractivity contribution in [1.29, 1.82) is 5.26 Å². The van der Waals surface area contributed by atoms with E-state index in [1.165, 1.54) is 0 Å². The van der Waals surface area contributed by atoms with Crippen LogP contribution in [0.5, 0.6) is 0 Å². The first-order valence-corrected chi connectivity index (χ1v) is 6.28. The minimum absolute atomic E-state index is 0.0757. The summed E-state index contributed by atoms with van der Waals surface area (Å²) >= 11 is 0. The standard InChI is InChI=1S/C14H13N3O2/c15-8-7-13-16-10-3-1-2-4-12(10)17(13)11-6-5-9(11)14(18)19/h1-4,9,11H,5-7H2,(H,18,19). The van der Waals surface area contributed by atoms with Gasteiger partial charge in [-0.1, -0.05) is 12.1 Å². The lowest BCUT2D eigenvalue weighted by Gasteiger charge is -2.35. The van der Waals surface area contributed by atoms with E-state index in [1.807, 2.05) is 28.8 Å². The van der Waals surface area contributed by atoms with Gasteiger partial charge in [0.1, 0.15) is 5.82 Å². The summed E-state index contributed by atoms with van der Waals surface area (Å²) in [7, 11) is 0. The average Bonchev–Trinajstić information content (AvgIpc) is 2.67. The zero-order valence-electron chi connectivity index (χ0n) is 10.3. The van der Waals surface area contributed by atoms with Crippen LogP contribution >= 0.6 is 0 Å². The smallest absolute Gasteiger partial charge is 0.308 e. The van der Waals surface area contributed by atoms with E-state index < -0.39 is 5.97 Å². The summed E-state index contributed by atoms with van der Waals surface area (Å²) in [5.41, 5.74) is 1.74. The van der Waals surface area contributed by atoms with Crippen LogP contribution in [-0.4, -0.2) is 20.6 Å². The normalized spacial score (nSPS) is 21.8. The maximum atomic E-state index is 11.2. The summed E-state index contributed by atoms with van der Waals surface area (Å²) in [5, 5.41) is 18.1. The van der Waals surface area contributed by atoms with Crippen molar-refractivity contribution in [3.8, 4) is 6.07 Å². The van der Waals surface area contributed by atoms with Crippen LogP contribution in [0.3, 0.4) is 0 Å². The number of nitrogens with zero attached hydrogens (tertiary/aromatic N) is 3. The topological polar surface area (TPSA) is 78.9 Å². The lowest BCUT2D eigenvalue weighted by atomic mass is 9.79. The van der Waals surface area contributed by atoms with Gasteiger partial charge in [-0.05, 0) is 25.0 Å². The highest BCUT2D eigenvalue weighted by atomic mass is 16.4. The first-order chi connectivity index (χ1) is 9.22. The molecule has 2 atom stereocenters. The lowest BCUT2D eigenvalue weighted by Crippen LogP contribution is -2.35. The second-order valence-corrected chi connectivity index (χ2v) is 4.81. The summed E-state index contributed by atoms with van der Waals surface area (Å²) in [4.78, 5) is 15.6. The summed E-state index contributed by atoms with van der Waals surface area (Å²) < 4.78 is 1.95. The molecule has 5 nitrogen and oxygen atoms in total. The Balaban J connectivity index is 2.13. The van der Waals surface area contributed by atoms with Crippen LogP contribution in [0, 0.1) is 17.2 Å². The highest BCUT2D eigenvalue weighted by Gasteiger charge is 2.39. The van der Waals surface area contributed by atoms with Gasteiger partial charge < -0.3 is 9.67 Å². The number of imidazole rings is 1. The van der Waals surface area contributed by atoms with Gasteiger partial charge in [-0.2, -0.15) is 5.26 Å². The van der Waals surface area contributed by atoms with E-state index in [-0.39, 0.29) is 18.4 Å². The van der Waals surface area contributed by atoms with Crippen molar-refractivity contribution in [3.05, 3.63) is 30.1 Å². The van der Waals surface area contributed by atoms with Gasteiger partial charge in [0.25, 0.3) is 0 Å². The Labute approximate surface area is 110 Å². The maximum absolute atomic E-state index is 11.2. The summed E-state index contributed by atoms with van der Waals surface area (Å²) in [6.07, 6.45) is 1.73. The first-order valence-electron chi connectivity index (χ1n) is 6.28. The molecule has 1 fully saturated rings. The molecule has 1 N–H and O–H groups in total. The fourth-order valence-electron chi connectivity index (χ4n) is 2.74. The van der Waals surface area contributed by atoms with Crippen molar-refractivity contribution in [2.75, 3.05) is 0 Å². The van der Waals surface area contributed by atoms with Gasteiger partial charge >= 0.3 is 5.97 Å². The average molecular weight is 255 g/mol. The Morgan fingerprint density at radius 3 is 2.89 bits per heavy atom. The monoisotopic (exact) mass is 255 g/mol. The molecule has 96 valence electrons. The van der Waals surface area contributed by atoms with E-state index in [4.69, 9.17) is 5.26 Å². The lowest BCUT2D eigenvalue weighted by molar-refractivity contribution is -0.147. The SMILES string of the molecule is N#CCc1nc2ccccc2n1C1CCC1C(=O)O. The molecular formula is C14H13N3O2. The van der Waals surface area contributed by atoms with Gasteiger partial charge in [-0.15, -0.1) is 0 Å². The Morgan fingerprint density at radius 1 is 1.47 bits per heavy atom. The number of carboxylic acid groups (broad SMARTS) is 1. The molecule has 0 saturated heterocycles. The number of benzene rings is 1. The van der Waals surface area contributed by atoms with Crippen LogP contribution in [-0.2, 0) is 11.2 Å². The van der Waals surface area contributed by atoms with E-state index in [0.717, 1.165) is 17.5 Å². The number of hydrogen-bond acceptors (Lipinski definition) is 3. The van der Waals surface area contributed by atoms with Gasteiger partial charge in [0.05, 0.1) is 29.4 Å². The number of carboxylic acids is 1. The van der Waals surface area contributed by atoms with Crippen molar-refractivity contribution >= 4 is 17.0 Å². The summed E-state index contributed by atoms with van der Waals surface area (Å²) in [5.74, 6) is -0.466. The quantitative estimate of drug-likeness (QED) is 0.911. The molecule has 2 aromatic rings. The fourth-order valence-corrected chi connectivity index (χ4v) is 2.74. The van der Waals surface area contributed by atoms with E-state index in [0.29, 0.717) is 12.2 Å². The predicted molar refractivity (Wildman–Crippen MR) is 68.4 cm³/mol. The molecule has 1 saturated carbocycles. The van der Waals surface area contributed by atoms with Gasteiger partial charge in [0, 0.05) is 6.04 Å². The van der Waals surface area contributed by atoms with Gasteiger partial charge in [-0.25, -0.2) is 4.98 Å². The third-order valence-electron chi connectivity index (χ3n) is 3.79. The number of fused-ring (bicyclic) bond motifs is 1. The van der Waals surface area contributed by atoms with E-state index >= 15 is 0 Å². The maximum Gasteiger partial charge on any atom is 0.308 e. The number of hydrogen-bond donors (Lipinski definition) is 1. The number of nitriles is 1. The largest absolute Gasteiger partial charge is 0.481 e. The Kier molecular flexibility index (Phi) is 2.71. The molecule has 0 amide bonds. The van der Waals surface area contributed by atoms with Crippen LogP contribution in [0.2, 0.25) is 0 Å². The molecular weight excluding hydrogens is 242 g/mol. The molecule has 3 rings (SSSR count). The van der Waals surface area contributed by atoms with E-state index in [1.54, 1.807) is 0 Å². The molecule has 1 aromatic heterocycles. The van der Waals surface area contributed by atoms with Crippen LogP contribution in [0.4, 0.5) is 0 Å². The zero-order valence-corrected chi connectivity index (χ0v) is 10.3. The van der Waals surface area contributed by atoms with Crippen LogP contribution in [0.25, 0.3) is 11.0 Å². The number of rotatable bonds is 3. The molecule has 1 aliphatic carbocycles. The highest BCUT2D eigenvalue weighted by Crippen LogP contribution is 2.41. The van der Waals surface area contributed by atoms with Crippen molar-refractivity contribution < 1.29 is 9.90 Å². The molecule has 0 bridgehead atoms. The van der Waals surface area contributed by atoms with Crippen molar-refractivity contribution in [3.63, 3.8) is 0 Å². The second kappa shape index (κ2) is 4.39. The minimum atomic E-state index is -0.767. The van der Waals surface area contributed by atoms with Crippen molar-refractivity contribution in [2.24, 2.45) is 5.92 Å². The molecule has 2 unspecified atom stereocenters.